The first-order chi connectivity index (χ1) is 51.9. The summed E-state index contributed by atoms with van der Waals surface area (Å²) in [6.45, 7) is 33.3. The molecule has 0 unspecified atom stereocenters. The third-order valence-corrected chi connectivity index (χ3v) is 15.3. The number of aliphatic hydroxyl groups excluding tert-OH is 1. The summed E-state index contributed by atoms with van der Waals surface area (Å²) in [7, 11) is 0. The number of alkyl halides is 1. The fourth-order valence-electron chi connectivity index (χ4n) is 9.18. The monoisotopic (exact) mass is 2150 g/mol. The minimum absolute atomic E-state index is 0. The minimum Gasteiger partial charge on any atom is -0.271 e. The first kappa shape index (κ1) is 117. The molecule has 0 bridgehead atoms. The molecule has 0 aromatic heterocycles. The van der Waals surface area contributed by atoms with Gasteiger partial charge in [0, 0.05) is 137 Å². The van der Waals surface area contributed by atoms with E-state index < -0.39 is 10.4 Å². The number of nitrogens with zero attached hydrogens (tertiary/aromatic N) is 4. The van der Waals surface area contributed by atoms with Crippen LogP contribution in [0.5, 0.6) is 0 Å². The third kappa shape index (κ3) is 79.4. The van der Waals surface area contributed by atoms with Crippen LogP contribution in [0.25, 0.3) is 0 Å². The van der Waals surface area contributed by atoms with Gasteiger partial charge in [0.15, 0.2) is 6.79 Å². The van der Waals surface area contributed by atoms with Crippen LogP contribution in [0.15, 0.2) is 159 Å². The number of para-hydroxylation sites is 2. The van der Waals surface area contributed by atoms with Gasteiger partial charge in [-0.05, 0) is 279 Å². The average Bonchev–Trinajstić information content (AvgIpc) is 0.908. The quantitative estimate of drug-likeness (QED) is 0.00315. The van der Waals surface area contributed by atoms with Gasteiger partial charge in [0.1, 0.15) is 18.9 Å². The predicted molar refractivity (Wildman–Crippen MR) is 493 cm³/mol. The fourth-order valence-corrected chi connectivity index (χ4v) is 9.58. The van der Waals surface area contributed by atoms with Crippen molar-refractivity contribution in [3.63, 3.8) is 0 Å². The third-order valence-electron chi connectivity index (χ3n) is 14.6. The number of hydrogen-bond donors (Lipinski definition) is 2. The number of hydrogen-bond acceptors (Lipinski definition) is 19. The SMILES string of the molecule is C.C=CC(=O)Cl.C=COCOCCCCCN(CC)c1ccc(C=O)cc1.CC(=O)OCCCCCBr.CCN(CCCCCO)c1ccc(C=O)cc1.CCN(CCCCCOC(C)=O)c1ccc(C=O)cc1.CCN(CCCCCOC(C)=O)c1ccccc1.CCNc1ccccc1.I.I[I-]I.O=P(Cl)(Cl)Cl. The van der Waals surface area contributed by atoms with Crippen molar-refractivity contribution >= 4 is 198 Å². The molecule has 110 heavy (non-hydrogen) atoms. The van der Waals surface area contributed by atoms with Gasteiger partial charge in [-0.1, -0.05) is 72.9 Å². The molecule has 5 aromatic rings. The Morgan fingerprint density at radius 3 is 1.04 bits per heavy atom. The molecule has 0 saturated heterocycles. The molecule has 0 fully saturated rings. The van der Waals surface area contributed by atoms with Crippen molar-refractivity contribution in [2.24, 2.45) is 0 Å². The van der Waals surface area contributed by atoms with Gasteiger partial charge >= 0.3 is 73.6 Å². The van der Waals surface area contributed by atoms with Crippen molar-refractivity contribution in [2.75, 3.05) is 129 Å². The maximum absolute atomic E-state index is 10.7. The van der Waals surface area contributed by atoms with E-state index in [1.54, 1.807) is 0 Å². The summed E-state index contributed by atoms with van der Waals surface area (Å²) >= 11 is 27.2. The van der Waals surface area contributed by atoms with Crippen LogP contribution < -0.4 is 38.2 Å². The number of halogens is 9. The molecule has 0 saturated carbocycles. The molecule has 0 heterocycles. The maximum Gasteiger partial charge on any atom is 0.339 e. The zero-order valence-electron chi connectivity index (χ0n) is 64.8. The minimum atomic E-state index is -3.22. The van der Waals surface area contributed by atoms with Crippen molar-refractivity contribution < 1.29 is 80.2 Å². The zero-order valence-corrected chi connectivity index (χ0v) is 79.2. The molecule has 0 atom stereocenters. The second-order valence-corrected chi connectivity index (χ2v) is 46.8. The molecular weight excluding hydrogens is 2030 g/mol. The van der Waals surface area contributed by atoms with Crippen molar-refractivity contribution in [2.45, 2.75) is 159 Å². The van der Waals surface area contributed by atoms with E-state index in [1.165, 1.54) is 44.1 Å². The van der Waals surface area contributed by atoms with Gasteiger partial charge in [-0.15, -0.1) is 24.0 Å². The van der Waals surface area contributed by atoms with Crippen LogP contribution in [0.3, 0.4) is 0 Å². The summed E-state index contributed by atoms with van der Waals surface area (Å²) in [6.07, 6.45) is 20.7. The summed E-state index contributed by atoms with van der Waals surface area (Å²) in [4.78, 5) is 82.0. The van der Waals surface area contributed by atoms with Crippen LogP contribution in [0.1, 0.15) is 190 Å². The molecular formula is C81H124BrCl4I4N5O14P-. The first-order valence-electron chi connectivity index (χ1n) is 36.2. The van der Waals surface area contributed by atoms with E-state index >= 15 is 0 Å². The van der Waals surface area contributed by atoms with E-state index in [2.05, 4.69) is 196 Å². The summed E-state index contributed by atoms with van der Waals surface area (Å²) in [5.74, 6) is -0.580. The van der Waals surface area contributed by atoms with Gasteiger partial charge in [-0.2, -0.15) is 0 Å². The molecule has 0 amide bonds. The molecule has 5 aromatic carbocycles. The molecule has 29 heteroatoms. The van der Waals surface area contributed by atoms with Crippen molar-refractivity contribution in [1.82, 2.24) is 0 Å². The van der Waals surface area contributed by atoms with Gasteiger partial charge in [0.05, 0.1) is 32.7 Å². The van der Waals surface area contributed by atoms with E-state index in [4.69, 9.17) is 40.4 Å². The molecule has 0 aliphatic heterocycles. The van der Waals surface area contributed by atoms with E-state index in [9.17, 15) is 38.1 Å². The number of aldehydes is 3. The van der Waals surface area contributed by atoms with Gasteiger partial charge in [-0.25, -0.2) is 0 Å². The Morgan fingerprint density at radius 2 is 0.782 bits per heavy atom. The molecule has 2 N–H and O–H groups in total. The average molecular weight is 2150 g/mol. The van der Waals surface area contributed by atoms with Crippen LogP contribution >= 0.6 is 128 Å². The summed E-state index contributed by atoms with van der Waals surface area (Å²) in [6, 6.07) is 43.7. The second kappa shape index (κ2) is 86.0. The Bertz CT molecular complexity index is 3040. The molecule has 626 valence electrons. The van der Waals surface area contributed by atoms with Crippen molar-refractivity contribution in [1.29, 1.82) is 0 Å². The second-order valence-electron chi connectivity index (χ2n) is 22.7. The van der Waals surface area contributed by atoms with Crippen LogP contribution in [0.4, 0.5) is 28.4 Å². The fraction of sp³-hybridized carbons (Fsp3) is 0.494. The Hall–Kier alpha value is -3.82. The molecule has 0 aliphatic carbocycles. The summed E-state index contributed by atoms with van der Waals surface area (Å²) in [5, 5.41) is 9.23. The summed E-state index contributed by atoms with van der Waals surface area (Å²) in [5.41, 5.74) is 8.06. The maximum atomic E-state index is 10.7. The number of allylic oxidation sites excluding steroid dienone is 1. The Kier molecular flexibility index (Phi) is 91.6. The smallest absolute Gasteiger partial charge is 0.271 e. The normalized spacial score (nSPS) is 9.64. The number of esters is 3. The Balaban J connectivity index is -0.000000289. The zero-order chi connectivity index (χ0) is 81.7. The number of ether oxygens (including phenoxy) is 5. The first-order valence-corrected chi connectivity index (χ1v) is 54.7. The largest absolute Gasteiger partial charge is 0.339 e. The van der Waals surface area contributed by atoms with Crippen LogP contribution in [0.2, 0.25) is 0 Å². The van der Waals surface area contributed by atoms with Gasteiger partial charge < -0.3 is 53.7 Å². The van der Waals surface area contributed by atoms with Crippen molar-refractivity contribution in [3.8, 4) is 0 Å². The van der Waals surface area contributed by atoms with Gasteiger partial charge in [-0.3, -0.25) is 38.1 Å². The number of anilines is 5. The number of carbonyl (C=O) groups excluding carboxylic acids is 7. The summed E-state index contributed by atoms with van der Waals surface area (Å²) < 4.78 is 34.2. The topological polar surface area (TPSA) is 228 Å². The number of rotatable bonds is 45. The number of aliphatic hydroxyl groups is 1. The Labute approximate surface area is 734 Å². The van der Waals surface area contributed by atoms with Gasteiger partial charge in [0.2, 0.25) is 5.24 Å². The van der Waals surface area contributed by atoms with Crippen LogP contribution in [0, 0.1) is 0 Å². The Morgan fingerprint density at radius 1 is 0.500 bits per heavy atom. The van der Waals surface area contributed by atoms with Gasteiger partial charge in [0.25, 0.3) is 0 Å². The molecule has 19 nitrogen and oxygen atoms in total. The van der Waals surface area contributed by atoms with E-state index in [0.29, 0.717) is 56.4 Å². The number of unbranched alkanes of at least 4 members (excludes halogenated alkanes) is 10. The molecule has 0 radical (unpaired) electrons. The molecule has 0 spiro atoms. The number of benzene rings is 5. The number of carbonyl (C=O) groups is 7. The predicted octanol–water partition coefficient (Wildman–Crippen LogP) is 20.4. The molecule has 5 rings (SSSR count). The molecule has 0 aliphatic rings. The van der Waals surface area contributed by atoms with E-state index in [1.807, 2.05) is 97.1 Å². The van der Waals surface area contributed by atoms with Crippen LogP contribution in [-0.4, -0.2) is 151 Å². The van der Waals surface area contributed by atoms with E-state index in [-0.39, 0.29) is 62.7 Å². The van der Waals surface area contributed by atoms with E-state index in [0.717, 1.165) is 197 Å². The number of nitrogens with one attached hydrogen (secondary N) is 1. The standard InChI is InChI=1S/C17H25NO3.C16H23NO3.C15H23NO2.C14H21NO2.C8H11N.C7H13BrO2.C3H3ClO.CH4.Cl3OP.I3.HI/c1-3-18(17-10-8-16(14-19)9-11-17)12-6-5-7-13-21-15-20-4-2;1-3-17(11-5-4-6-12-20-14(2)19)16-9-7-15(13-18)8-10-16;1-3-16(15-10-6-4-7-11-15)12-8-5-9-13-18-14(2)17;1-2-15(10-4-3-5-11-16)14-8-6-13(12-17)7-9-14;1-2-9-8-6-4-3-5-7-8;1-7(9)10-6-4-2-3-5-8;1-2-3(4)5;;1-5(2,3)4;1-3-2;/h4,8-11,14H,2-3,5-7,12-13,15H2,1H3;7-10,13H,3-6,11-12H2,1-2H3;4,6-7,10-11H,3,5,8-9,12-13H2,1-2H3;6-9,12,16H,2-5,10-11H2,1H3;3-7,9H,2H2,1H3;2-6H2,1H3;2H,1H2;1H4;;;1H/q;;;;;;;;;-1;. The van der Waals surface area contributed by atoms with Crippen LogP contribution in [-0.2, 0) is 47.4 Å². The van der Waals surface area contributed by atoms with Crippen molar-refractivity contribution in [3.05, 3.63) is 176 Å².